The van der Waals surface area contributed by atoms with Crippen LogP contribution in [-0.4, -0.2) is 47.6 Å². The molecule has 8 heteroatoms. The highest BCUT2D eigenvalue weighted by Gasteiger charge is 2.47. The van der Waals surface area contributed by atoms with Crippen LogP contribution in [0.2, 0.25) is 10.0 Å². The lowest BCUT2D eigenvalue weighted by atomic mass is 9.95. The largest absolute Gasteiger partial charge is 0.507 e. The van der Waals surface area contributed by atoms with Crippen molar-refractivity contribution in [1.29, 1.82) is 0 Å². The number of carbonyl (C=O) groups is 2. The van der Waals surface area contributed by atoms with Crippen LogP contribution in [-0.2, 0) is 14.3 Å². The Labute approximate surface area is 196 Å². The molecule has 32 heavy (non-hydrogen) atoms. The highest BCUT2D eigenvalue weighted by molar-refractivity contribution is 6.46. The molecular formula is C24H23Cl2NO5. The van der Waals surface area contributed by atoms with Gasteiger partial charge in [-0.15, -0.1) is 0 Å². The van der Waals surface area contributed by atoms with Gasteiger partial charge in [0, 0.05) is 18.7 Å². The van der Waals surface area contributed by atoms with Crippen LogP contribution in [0.4, 0.5) is 0 Å². The molecule has 1 amide bonds. The summed E-state index contributed by atoms with van der Waals surface area (Å²) in [6, 6.07) is 10.8. The minimum absolute atomic E-state index is 0.00976. The SMILES string of the molecule is CCOc1ccc(C(O)=C2C(=O)C(=O)N(CC3CCCO3)C2c2ccc(Cl)c(Cl)c2)cc1. The fourth-order valence-corrected chi connectivity index (χ4v) is 4.44. The third-order valence-electron chi connectivity index (χ3n) is 5.66. The van der Waals surface area contributed by atoms with E-state index in [1.807, 2.05) is 6.92 Å². The number of Topliss-reactive ketones (excluding diaryl/α,β-unsaturated/α-hetero) is 1. The maximum Gasteiger partial charge on any atom is 0.295 e. The van der Waals surface area contributed by atoms with Crippen molar-refractivity contribution in [2.45, 2.75) is 31.9 Å². The van der Waals surface area contributed by atoms with Gasteiger partial charge in [0.25, 0.3) is 11.7 Å². The summed E-state index contributed by atoms with van der Waals surface area (Å²) in [6.07, 6.45) is 1.54. The first-order valence-corrected chi connectivity index (χ1v) is 11.2. The molecule has 2 aromatic rings. The van der Waals surface area contributed by atoms with Crippen LogP contribution in [0.15, 0.2) is 48.0 Å². The summed E-state index contributed by atoms with van der Waals surface area (Å²) < 4.78 is 11.1. The Morgan fingerprint density at radius 2 is 1.91 bits per heavy atom. The van der Waals surface area contributed by atoms with Gasteiger partial charge in [-0.3, -0.25) is 9.59 Å². The van der Waals surface area contributed by atoms with Crippen molar-refractivity contribution >= 4 is 40.7 Å². The molecule has 2 saturated heterocycles. The predicted molar refractivity (Wildman–Crippen MR) is 122 cm³/mol. The van der Waals surface area contributed by atoms with Gasteiger partial charge in [-0.25, -0.2) is 0 Å². The molecule has 2 aliphatic rings. The van der Waals surface area contributed by atoms with Gasteiger partial charge in [0.15, 0.2) is 0 Å². The number of rotatable bonds is 6. The van der Waals surface area contributed by atoms with Crippen molar-refractivity contribution in [2.75, 3.05) is 19.8 Å². The highest BCUT2D eigenvalue weighted by atomic mass is 35.5. The number of carbonyl (C=O) groups excluding carboxylic acids is 2. The molecule has 0 saturated carbocycles. The Balaban J connectivity index is 1.80. The lowest BCUT2D eigenvalue weighted by Gasteiger charge is -2.27. The number of hydrogen-bond donors (Lipinski definition) is 1. The van der Waals surface area contributed by atoms with Crippen molar-refractivity contribution in [3.8, 4) is 5.75 Å². The molecule has 2 unspecified atom stereocenters. The summed E-state index contributed by atoms with van der Waals surface area (Å²) in [5.41, 5.74) is 1.01. The zero-order valence-corrected chi connectivity index (χ0v) is 19.0. The number of ether oxygens (including phenoxy) is 2. The molecule has 4 rings (SSSR count). The minimum Gasteiger partial charge on any atom is -0.507 e. The van der Waals surface area contributed by atoms with Crippen LogP contribution >= 0.6 is 23.2 Å². The topological polar surface area (TPSA) is 76.1 Å². The second-order valence-corrected chi connectivity index (χ2v) is 8.53. The second-order valence-electron chi connectivity index (χ2n) is 7.72. The van der Waals surface area contributed by atoms with Gasteiger partial charge in [0.1, 0.15) is 11.5 Å². The van der Waals surface area contributed by atoms with Crippen molar-refractivity contribution in [3.05, 3.63) is 69.2 Å². The summed E-state index contributed by atoms with van der Waals surface area (Å²) in [7, 11) is 0. The van der Waals surface area contributed by atoms with Gasteiger partial charge in [-0.05, 0) is 61.7 Å². The van der Waals surface area contributed by atoms with Gasteiger partial charge in [-0.1, -0.05) is 29.3 Å². The first-order valence-electron chi connectivity index (χ1n) is 10.5. The molecule has 1 N–H and O–H groups in total. The van der Waals surface area contributed by atoms with E-state index < -0.39 is 17.7 Å². The summed E-state index contributed by atoms with van der Waals surface area (Å²) in [6.45, 7) is 3.26. The number of ketones is 1. The van der Waals surface area contributed by atoms with Crippen molar-refractivity contribution in [3.63, 3.8) is 0 Å². The molecule has 0 bridgehead atoms. The van der Waals surface area contributed by atoms with E-state index in [1.165, 1.54) is 4.90 Å². The smallest absolute Gasteiger partial charge is 0.295 e. The monoisotopic (exact) mass is 475 g/mol. The van der Waals surface area contributed by atoms with E-state index in [-0.39, 0.29) is 24.0 Å². The molecule has 168 valence electrons. The lowest BCUT2D eigenvalue weighted by Crippen LogP contribution is -2.36. The number of nitrogens with zero attached hydrogens (tertiary/aromatic N) is 1. The fraction of sp³-hybridized carbons (Fsp3) is 0.333. The lowest BCUT2D eigenvalue weighted by molar-refractivity contribution is -0.140. The van der Waals surface area contributed by atoms with Crippen molar-refractivity contribution < 1.29 is 24.2 Å². The van der Waals surface area contributed by atoms with E-state index in [0.717, 1.165) is 12.8 Å². The summed E-state index contributed by atoms with van der Waals surface area (Å²) >= 11 is 12.3. The van der Waals surface area contributed by atoms with E-state index in [1.54, 1.807) is 42.5 Å². The number of hydrogen-bond acceptors (Lipinski definition) is 5. The number of likely N-dealkylation sites (tertiary alicyclic amines) is 1. The maximum absolute atomic E-state index is 13.1. The molecular weight excluding hydrogens is 453 g/mol. The Morgan fingerprint density at radius 1 is 1.16 bits per heavy atom. The Hall–Kier alpha value is -2.54. The van der Waals surface area contributed by atoms with Crippen LogP contribution < -0.4 is 4.74 Å². The fourth-order valence-electron chi connectivity index (χ4n) is 4.14. The third-order valence-corrected chi connectivity index (χ3v) is 6.40. The molecule has 2 atom stereocenters. The zero-order valence-electron chi connectivity index (χ0n) is 17.5. The van der Waals surface area contributed by atoms with E-state index in [0.29, 0.717) is 40.1 Å². The van der Waals surface area contributed by atoms with Crippen molar-refractivity contribution in [2.24, 2.45) is 0 Å². The highest BCUT2D eigenvalue weighted by Crippen LogP contribution is 2.41. The van der Waals surface area contributed by atoms with Gasteiger partial charge < -0.3 is 19.5 Å². The molecule has 0 aliphatic carbocycles. The van der Waals surface area contributed by atoms with E-state index >= 15 is 0 Å². The van der Waals surface area contributed by atoms with Crippen LogP contribution in [0.3, 0.4) is 0 Å². The number of aliphatic hydroxyl groups excluding tert-OH is 1. The predicted octanol–water partition coefficient (Wildman–Crippen LogP) is 4.99. The average Bonchev–Trinajstić information content (AvgIpc) is 3.38. The summed E-state index contributed by atoms with van der Waals surface area (Å²) in [4.78, 5) is 27.5. The molecule has 6 nitrogen and oxygen atoms in total. The van der Waals surface area contributed by atoms with E-state index in [2.05, 4.69) is 0 Å². The number of benzene rings is 2. The normalized spacial score (nSPS) is 22.5. The molecule has 0 radical (unpaired) electrons. The first-order chi connectivity index (χ1) is 15.4. The Bertz CT molecular complexity index is 1060. The van der Waals surface area contributed by atoms with Gasteiger partial charge in [-0.2, -0.15) is 0 Å². The van der Waals surface area contributed by atoms with Crippen LogP contribution in [0, 0.1) is 0 Å². The first kappa shape index (κ1) is 22.6. The van der Waals surface area contributed by atoms with Crippen LogP contribution in [0.25, 0.3) is 5.76 Å². The standard InChI is InChI=1S/C24H23Cl2NO5/c1-2-31-16-8-5-14(6-9-16)22(28)20-21(15-7-10-18(25)19(26)12-15)27(24(30)23(20)29)13-17-4-3-11-32-17/h5-10,12,17,21,28H,2-4,11,13H2,1H3. The quantitative estimate of drug-likeness (QED) is 0.361. The molecule has 2 fully saturated rings. The Kier molecular flexibility index (Phi) is 6.74. The van der Waals surface area contributed by atoms with Crippen LogP contribution in [0.1, 0.15) is 36.9 Å². The molecule has 2 heterocycles. The molecule has 0 aromatic heterocycles. The second kappa shape index (κ2) is 9.53. The van der Waals surface area contributed by atoms with Crippen molar-refractivity contribution in [1.82, 2.24) is 4.90 Å². The Morgan fingerprint density at radius 3 is 2.53 bits per heavy atom. The summed E-state index contributed by atoms with van der Waals surface area (Å²) in [5.74, 6) is -1.03. The number of aliphatic hydroxyl groups is 1. The van der Waals surface area contributed by atoms with E-state index in [4.69, 9.17) is 32.7 Å². The molecule has 2 aromatic carbocycles. The average molecular weight is 476 g/mol. The van der Waals surface area contributed by atoms with Gasteiger partial charge in [0.05, 0.1) is 34.4 Å². The van der Waals surface area contributed by atoms with Gasteiger partial charge >= 0.3 is 0 Å². The third kappa shape index (κ3) is 4.35. The summed E-state index contributed by atoms with van der Waals surface area (Å²) in [5, 5.41) is 11.8. The number of amides is 1. The maximum atomic E-state index is 13.1. The number of halogens is 2. The van der Waals surface area contributed by atoms with Crippen LogP contribution in [0.5, 0.6) is 5.75 Å². The van der Waals surface area contributed by atoms with E-state index in [9.17, 15) is 14.7 Å². The minimum atomic E-state index is -0.805. The zero-order chi connectivity index (χ0) is 22.8. The molecule has 0 spiro atoms. The van der Waals surface area contributed by atoms with Gasteiger partial charge in [0.2, 0.25) is 0 Å². The molecule has 2 aliphatic heterocycles.